The highest BCUT2D eigenvalue weighted by atomic mass is 79.9. The molecule has 3 aromatic rings. The molecule has 3 heterocycles. The number of halogens is 3. The van der Waals surface area contributed by atoms with Crippen LogP contribution in [0.25, 0.3) is 0 Å². The van der Waals surface area contributed by atoms with Gasteiger partial charge in [-0.05, 0) is 72.1 Å². The molecule has 13 heteroatoms. The minimum atomic E-state index is -1.96. The molecule has 262 valence electrons. The third-order valence-corrected chi connectivity index (χ3v) is 15.4. The van der Waals surface area contributed by atoms with Crippen LogP contribution in [0, 0.1) is 5.82 Å². The summed E-state index contributed by atoms with van der Waals surface area (Å²) in [5.74, 6) is -0.802. The third kappa shape index (κ3) is 7.78. The fraction of sp³-hybridized carbons (Fsp3) is 0.444. The van der Waals surface area contributed by atoms with Crippen molar-refractivity contribution in [3.05, 3.63) is 92.7 Å². The number of carbonyl (C=O) groups excluding carboxylic acids is 2. The topological polar surface area (TPSA) is 95.2 Å². The zero-order valence-electron chi connectivity index (χ0n) is 28.5. The third-order valence-electron chi connectivity index (χ3n) is 10.1. The number of fused-ring (bicyclic) bond motifs is 4. The average Bonchev–Trinajstić information content (AvgIpc) is 3.55. The molecule has 2 fully saturated rings. The standard InChI is InChI=1S/C36H44BrClFN5O4Si/c1-36(2,3)49(4,5)48-32-21-47-31-19-29(32)41-28-14-7-22(17-26(28)31)20-40-35(46)42-33(23-8-10-24(37)11-9-23)34(45)44-16-6-15-43(44)30-18-25(39)12-13-27(30)38/h7-14,17-18,29,31-33,41H,6,15-16,19-21H2,1-5H3,(H2,40,42,46)/t29-,31-,32-,33+/m1/s1. The number of nitrogens with one attached hydrogen (secondary N) is 3. The summed E-state index contributed by atoms with van der Waals surface area (Å²) >= 11 is 9.86. The second-order valence-electron chi connectivity index (χ2n) is 14.5. The predicted octanol–water partition coefficient (Wildman–Crippen LogP) is 8.08. The number of nitrogens with zero attached hydrogens (tertiary/aromatic N) is 2. The molecule has 9 nitrogen and oxygen atoms in total. The highest BCUT2D eigenvalue weighted by molar-refractivity contribution is 9.10. The van der Waals surface area contributed by atoms with Gasteiger partial charge >= 0.3 is 6.03 Å². The van der Waals surface area contributed by atoms with Crippen LogP contribution >= 0.6 is 27.5 Å². The lowest BCUT2D eigenvalue weighted by Gasteiger charge is -2.47. The Balaban J connectivity index is 1.13. The Hall–Kier alpha value is -3.16. The first-order valence-corrected chi connectivity index (χ1v) is 20.8. The largest absolute Gasteiger partial charge is 0.409 e. The van der Waals surface area contributed by atoms with Gasteiger partial charge in [0.1, 0.15) is 11.9 Å². The molecular formula is C36H44BrClFN5O4Si. The maximum Gasteiger partial charge on any atom is 0.315 e. The predicted molar refractivity (Wildman–Crippen MR) is 197 cm³/mol. The van der Waals surface area contributed by atoms with Crippen molar-refractivity contribution in [1.82, 2.24) is 15.6 Å². The zero-order valence-corrected chi connectivity index (χ0v) is 31.8. The molecule has 3 N–H and O–H groups in total. The van der Waals surface area contributed by atoms with Crippen LogP contribution in [0.15, 0.2) is 65.1 Å². The molecule has 49 heavy (non-hydrogen) atoms. The number of benzene rings is 3. The molecule has 0 spiro atoms. The normalized spacial score (nSPS) is 21.1. The van der Waals surface area contributed by atoms with Crippen LogP contribution in [0.4, 0.5) is 20.6 Å². The van der Waals surface area contributed by atoms with Crippen molar-refractivity contribution < 1.29 is 23.1 Å². The summed E-state index contributed by atoms with van der Waals surface area (Å²) in [6.45, 7) is 12.9. The molecule has 3 amide bonds. The number of rotatable bonds is 8. The molecule has 3 aliphatic heterocycles. The summed E-state index contributed by atoms with van der Waals surface area (Å²) in [7, 11) is -1.96. The number of amides is 3. The van der Waals surface area contributed by atoms with Crippen LogP contribution in [-0.2, 0) is 20.5 Å². The monoisotopic (exact) mass is 771 g/mol. The van der Waals surface area contributed by atoms with Gasteiger partial charge in [-0.25, -0.2) is 9.18 Å². The van der Waals surface area contributed by atoms with Gasteiger partial charge in [-0.15, -0.1) is 0 Å². The fourth-order valence-electron chi connectivity index (χ4n) is 6.37. The molecule has 4 atom stereocenters. The number of urea groups is 1. The minimum absolute atomic E-state index is 0.00445. The number of anilines is 2. The summed E-state index contributed by atoms with van der Waals surface area (Å²) in [6.07, 6.45) is 1.43. The maximum absolute atomic E-state index is 14.2. The summed E-state index contributed by atoms with van der Waals surface area (Å²) in [6, 6.07) is 16.1. The molecule has 2 saturated heterocycles. The van der Waals surface area contributed by atoms with E-state index in [0.717, 1.165) is 27.7 Å². The van der Waals surface area contributed by atoms with Crippen molar-refractivity contribution >= 4 is 59.2 Å². The minimum Gasteiger partial charge on any atom is -0.409 e. The number of hydrogen-bond donors (Lipinski definition) is 3. The molecular weight excluding hydrogens is 729 g/mol. The maximum atomic E-state index is 14.2. The van der Waals surface area contributed by atoms with Crippen LogP contribution in [-0.4, -0.2) is 57.1 Å². The van der Waals surface area contributed by atoms with E-state index in [4.69, 9.17) is 20.8 Å². The molecule has 0 aromatic heterocycles. The van der Waals surface area contributed by atoms with Gasteiger partial charge in [0.2, 0.25) is 0 Å². The summed E-state index contributed by atoms with van der Waals surface area (Å²) < 4.78 is 28.1. The highest BCUT2D eigenvalue weighted by Crippen LogP contribution is 2.43. The average molecular weight is 773 g/mol. The van der Waals surface area contributed by atoms with E-state index >= 15 is 0 Å². The van der Waals surface area contributed by atoms with Gasteiger partial charge in [0.05, 0.1) is 35.6 Å². The van der Waals surface area contributed by atoms with E-state index in [2.05, 4.69) is 71.8 Å². The first-order chi connectivity index (χ1) is 23.2. The first kappa shape index (κ1) is 35.7. The Morgan fingerprint density at radius 2 is 1.88 bits per heavy atom. The van der Waals surface area contributed by atoms with Crippen molar-refractivity contribution in [3.8, 4) is 0 Å². The van der Waals surface area contributed by atoms with Gasteiger partial charge in [-0.3, -0.25) is 14.8 Å². The lowest BCUT2D eigenvalue weighted by atomic mass is 9.89. The van der Waals surface area contributed by atoms with Crippen molar-refractivity contribution in [2.45, 2.75) is 82.6 Å². The lowest BCUT2D eigenvalue weighted by Crippen LogP contribution is -2.54. The summed E-state index contributed by atoms with van der Waals surface area (Å²) in [5, 5.41) is 13.2. The van der Waals surface area contributed by atoms with Gasteiger partial charge in [0.15, 0.2) is 8.32 Å². The van der Waals surface area contributed by atoms with Gasteiger partial charge in [0.25, 0.3) is 5.91 Å². The Morgan fingerprint density at radius 1 is 1.12 bits per heavy atom. The van der Waals surface area contributed by atoms with E-state index in [1.807, 2.05) is 24.3 Å². The van der Waals surface area contributed by atoms with Crippen LogP contribution in [0.3, 0.4) is 0 Å². The molecule has 3 aromatic carbocycles. The molecule has 0 radical (unpaired) electrons. The van der Waals surface area contributed by atoms with Crippen LogP contribution in [0.2, 0.25) is 23.2 Å². The fourth-order valence-corrected chi connectivity index (χ4v) is 8.19. The van der Waals surface area contributed by atoms with E-state index in [1.54, 1.807) is 17.1 Å². The molecule has 6 rings (SSSR count). The number of carbonyl (C=O) groups is 2. The Labute approximate surface area is 302 Å². The second kappa shape index (κ2) is 14.2. The van der Waals surface area contributed by atoms with E-state index in [0.29, 0.717) is 42.4 Å². The van der Waals surface area contributed by atoms with E-state index < -0.39 is 26.2 Å². The van der Waals surface area contributed by atoms with E-state index in [1.165, 1.54) is 23.2 Å². The number of ether oxygens (including phenoxy) is 1. The van der Waals surface area contributed by atoms with Crippen LogP contribution in [0.5, 0.6) is 0 Å². The van der Waals surface area contributed by atoms with Gasteiger partial charge in [0, 0.05) is 47.8 Å². The quantitative estimate of drug-likeness (QED) is 0.201. The van der Waals surface area contributed by atoms with Crippen LogP contribution in [0.1, 0.15) is 62.4 Å². The number of hydrogen-bond acceptors (Lipinski definition) is 6. The first-order valence-electron chi connectivity index (χ1n) is 16.7. The molecule has 0 unspecified atom stereocenters. The second-order valence-corrected chi connectivity index (χ2v) is 20.6. The number of hydrazine groups is 1. The Bertz CT molecular complexity index is 1710. The Morgan fingerprint density at radius 3 is 2.61 bits per heavy atom. The van der Waals surface area contributed by atoms with Gasteiger partial charge < -0.3 is 25.1 Å². The van der Waals surface area contributed by atoms with Crippen molar-refractivity contribution in [1.29, 1.82) is 0 Å². The lowest BCUT2D eigenvalue weighted by molar-refractivity contribution is -0.132. The molecule has 2 bridgehead atoms. The van der Waals surface area contributed by atoms with Crippen molar-refractivity contribution in [2.75, 3.05) is 30.0 Å². The Kier molecular flexibility index (Phi) is 10.3. The van der Waals surface area contributed by atoms with E-state index in [9.17, 15) is 14.0 Å². The van der Waals surface area contributed by atoms with E-state index in [-0.39, 0.29) is 35.7 Å². The van der Waals surface area contributed by atoms with Crippen molar-refractivity contribution in [3.63, 3.8) is 0 Å². The summed E-state index contributed by atoms with van der Waals surface area (Å²) in [4.78, 5) is 27.5. The zero-order chi connectivity index (χ0) is 35.1. The molecule has 0 aliphatic carbocycles. The van der Waals surface area contributed by atoms with Crippen LogP contribution < -0.4 is 21.0 Å². The smallest absolute Gasteiger partial charge is 0.315 e. The molecule has 0 saturated carbocycles. The van der Waals surface area contributed by atoms with Gasteiger partial charge in [-0.2, -0.15) is 0 Å². The highest BCUT2D eigenvalue weighted by Gasteiger charge is 2.44. The SMILES string of the molecule is CC(C)(C)[Si](C)(C)O[C@@H]1CO[C@@H]2C[C@H]1Nc1ccc(CNC(=O)N[C@H](C(=O)N3CCCN3c3cc(F)ccc3Cl)c3ccc(Br)cc3)cc12. The van der Waals surface area contributed by atoms with Crippen molar-refractivity contribution in [2.24, 2.45) is 0 Å². The molecule has 3 aliphatic rings. The van der Waals surface area contributed by atoms with Gasteiger partial charge in [-0.1, -0.05) is 66.5 Å². The summed E-state index contributed by atoms with van der Waals surface area (Å²) in [5.41, 5.74) is 4.01.